The molecule has 1 rings (SSSR count). The molecule has 15 heavy (non-hydrogen) atoms. The Morgan fingerprint density at radius 1 is 1.40 bits per heavy atom. The van der Waals surface area contributed by atoms with Crippen molar-refractivity contribution in [2.45, 2.75) is 18.9 Å². The summed E-state index contributed by atoms with van der Waals surface area (Å²) in [6.45, 7) is 0. The minimum atomic E-state index is -1.23. The lowest BCUT2D eigenvalue weighted by Crippen LogP contribution is -2.17. The molecule has 4 nitrogen and oxygen atoms in total. The van der Waals surface area contributed by atoms with Gasteiger partial charge in [-0.15, -0.1) is 4.91 Å². The maximum absolute atomic E-state index is 12.5. The van der Waals surface area contributed by atoms with Crippen LogP contribution in [0, 0.1) is 10.7 Å². The van der Waals surface area contributed by atoms with Gasteiger partial charge in [-0.2, -0.15) is 0 Å². The summed E-state index contributed by atoms with van der Waals surface area (Å²) in [6, 6.07) is 4.46. The monoisotopic (exact) mass is 211 g/mol. The summed E-state index contributed by atoms with van der Waals surface area (Å²) in [4.78, 5) is 20.6. The first kappa shape index (κ1) is 11.3. The predicted molar refractivity (Wildman–Crippen MR) is 51.9 cm³/mol. The van der Waals surface area contributed by atoms with Crippen molar-refractivity contribution in [3.05, 3.63) is 40.6 Å². The largest absolute Gasteiger partial charge is 0.480 e. The van der Waals surface area contributed by atoms with Crippen LogP contribution in [-0.2, 0) is 11.2 Å². The number of aliphatic carboxylic acids is 1. The molecule has 5 heteroatoms. The first-order valence-corrected chi connectivity index (χ1v) is 4.43. The molecule has 0 fully saturated rings. The molecule has 0 saturated heterocycles. The van der Waals surface area contributed by atoms with Gasteiger partial charge < -0.3 is 5.11 Å². The summed E-state index contributed by atoms with van der Waals surface area (Å²) in [5, 5.41) is 11.0. The van der Waals surface area contributed by atoms with Crippen molar-refractivity contribution in [2.24, 2.45) is 5.18 Å². The van der Waals surface area contributed by atoms with Gasteiger partial charge in [0.1, 0.15) is 5.82 Å². The van der Waals surface area contributed by atoms with Gasteiger partial charge in [0.2, 0.25) is 0 Å². The fourth-order valence-electron chi connectivity index (χ4n) is 1.18. The van der Waals surface area contributed by atoms with Crippen LogP contribution in [0.5, 0.6) is 0 Å². The molecule has 0 spiro atoms. The number of nitrogens with zero attached hydrogens (tertiary/aromatic N) is 1. The Morgan fingerprint density at radius 3 is 2.47 bits per heavy atom. The number of aryl methyl sites for hydroxylation is 1. The van der Waals surface area contributed by atoms with E-state index in [2.05, 4.69) is 5.18 Å². The van der Waals surface area contributed by atoms with Gasteiger partial charge in [0, 0.05) is 0 Å². The van der Waals surface area contributed by atoms with Crippen LogP contribution < -0.4 is 0 Å². The molecule has 0 saturated carbocycles. The Morgan fingerprint density at radius 2 is 2.00 bits per heavy atom. The van der Waals surface area contributed by atoms with Crippen LogP contribution in [0.25, 0.3) is 0 Å². The van der Waals surface area contributed by atoms with E-state index in [4.69, 9.17) is 5.11 Å². The minimum Gasteiger partial charge on any atom is -0.480 e. The molecule has 1 aromatic rings. The van der Waals surface area contributed by atoms with Crippen LogP contribution >= 0.6 is 0 Å². The molecular formula is C10H10FNO3. The molecule has 1 unspecified atom stereocenters. The molecule has 0 heterocycles. The van der Waals surface area contributed by atoms with Crippen molar-refractivity contribution in [3.63, 3.8) is 0 Å². The fraction of sp³-hybridized carbons (Fsp3) is 0.300. The Kier molecular flexibility index (Phi) is 3.91. The van der Waals surface area contributed by atoms with E-state index in [1.165, 1.54) is 12.1 Å². The molecule has 0 aliphatic rings. The smallest absolute Gasteiger partial charge is 0.332 e. The second-order valence-corrected chi connectivity index (χ2v) is 3.12. The highest BCUT2D eigenvalue weighted by Gasteiger charge is 2.17. The normalized spacial score (nSPS) is 12.1. The molecule has 0 aliphatic heterocycles. The zero-order valence-corrected chi connectivity index (χ0v) is 7.89. The second-order valence-electron chi connectivity index (χ2n) is 3.12. The minimum absolute atomic E-state index is 0.129. The summed E-state index contributed by atoms with van der Waals surface area (Å²) in [5.74, 6) is -1.57. The van der Waals surface area contributed by atoms with Crippen molar-refractivity contribution in [3.8, 4) is 0 Å². The summed E-state index contributed by atoms with van der Waals surface area (Å²) >= 11 is 0. The molecule has 1 aromatic carbocycles. The van der Waals surface area contributed by atoms with Gasteiger partial charge in [0.25, 0.3) is 0 Å². The molecule has 80 valence electrons. The standard InChI is InChI=1S/C10H10FNO3/c11-8-4-1-7(2-5-8)3-6-9(12-15)10(13)14/h1-2,4-5,9H,3,6H2,(H,13,14). The number of halogens is 1. The van der Waals surface area contributed by atoms with Gasteiger partial charge in [0.15, 0.2) is 6.04 Å². The van der Waals surface area contributed by atoms with E-state index in [0.717, 1.165) is 5.56 Å². The van der Waals surface area contributed by atoms with E-state index >= 15 is 0 Å². The van der Waals surface area contributed by atoms with Crippen molar-refractivity contribution in [1.29, 1.82) is 0 Å². The lowest BCUT2D eigenvalue weighted by Gasteiger charge is -2.03. The lowest BCUT2D eigenvalue weighted by molar-refractivity contribution is -0.138. The Hall–Kier alpha value is -1.78. The SMILES string of the molecule is O=NC(CCc1ccc(F)cc1)C(=O)O. The summed E-state index contributed by atoms with van der Waals surface area (Å²) in [6.07, 6.45) is 0.521. The lowest BCUT2D eigenvalue weighted by atomic mass is 10.1. The third kappa shape index (κ3) is 3.46. The van der Waals surface area contributed by atoms with E-state index in [-0.39, 0.29) is 12.2 Å². The molecule has 0 bridgehead atoms. The number of carboxylic acids is 1. The van der Waals surface area contributed by atoms with E-state index < -0.39 is 12.0 Å². The molecule has 0 amide bonds. The quantitative estimate of drug-likeness (QED) is 0.757. The highest BCUT2D eigenvalue weighted by Crippen LogP contribution is 2.08. The van der Waals surface area contributed by atoms with Crippen LogP contribution in [0.1, 0.15) is 12.0 Å². The Bertz CT molecular complexity index is 350. The zero-order valence-electron chi connectivity index (χ0n) is 7.89. The summed E-state index contributed by atoms with van der Waals surface area (Å²) in [7, 11) is 0. The van der Waals surface area contributed by atoms with E-state index in [1.54, 1.807) is 12.1 Å². The maximum atomic E-state index is 12.5. The van der Waals surface area contributed by atoms with Crippen molar-refractivity contribution in [1.82, 2.24) is 0 Å². The van der Waals surface area contributed by atoms with Crippen molar-refractivity contribution < 1.29 is 14.3 Å². The number of benzene rings is 1. The summed E-state index contributed by atoms with van der Waals surface area (Å²) < 4.78 is 12.5. The molecular weight excluding hydrogens is 201 g/mol. The van der Waals surface area contributed by atoms with Crippen LogP contribution in [0.15, 0.2) is 29.4 Å². The summed E-state index contributed by atoms with van der Waals surface area (Å²) in [5.41, 5.74) is 0.784. The zero-order chi connectivity index (χ0) is 11.3. The number of rotatable bonds is 5. The number of carboxylic acid groups (broad SMARTS) is 1. The van der Waals surface area contributed by atoms with Crippen LogP contribution in [-0.4, -0.2) is 17.1 Å². The molecule has 0 radical (unpaired) electrons. The van der Waals surface area contributed by atoms with E-state index in [1.807, 2.05) is 0 Å². The third-order valence-electron chi connectivity index (χ3n) is 2.03. The molecule has 1 N–H and O–H groups in total. The van der Waals surface area contributed by atoms with E-state index in [0.29, 0.717) is 6.42 Å². The third-order valence-corrected chi connectivity index (χ3v) is 2.03. The Balaban J connectivity index is 2.52. The average Bonchev–Trinajstić information content (AvgIpc) is 2.21. The number of nitroso groups, excluding NO2 is 1. The molecule has 0 aliphatic carbocycles. The van der Waals surface area contributed by atoms with Gasteiger partial charge in [-0.25, -0.2) is 9.18 Å². The second kappa shape index (κ2) is 5.19. The Labute approximate surface area is 85.7 Å². The van der Waals surface area contributed by atoms with Gasteiger partial charge in [-0.05, 0) is 30.5 Å². The fourth-order valence-corrected chi connectivity index (χ4v) is 1.18. The van der Waals surface area contributed by atoms with Crippen molar-refractivity contribution >= 4 is 5.97 Å². The number of hydrogen-bond acceptors (Lipinski definition) is 3. The van der Waals surface area contributed by atoms with E-state index in [9.17, 15) is 14.1 Å². The van der Waals surface area contributed by atoms with Crippen molar-refractivity contribution in [2.75, 3.05) is 0 Å². The average molecular weight is 211 g/mol. The van der Waals surface area contributed by atoms with Gasteiger partial charge in [-0.3, -0.25) is 0 Å². The maximum Gasteiger partial charge on any atom is 0.332 e. The van der Waals surface area contributed by atoms with Gasteiger partial charge >= 0.3 is 5.97 Å². The first-order valence-electron chi connectivity index (χ1n) is 4.43. The molecule has 0 aromatic heterocycles. The van der Waals surface area contributed by atoms with Crippen LogP contribution in [0.4, 0.5) is 4.39 Å². The topological polar surface area (TPSA) is 66.7 Å². The first-order chi connectivity index (χ1) is 7.13. The highest BCUT2D eigenvalue weighted by molar-refractivity contribution is 5.73. The van der Waals surface area contributed by atoms with Crippen LogP contribution in [0.2, 0.25) is 0 Å². The number of hydrogen-bond donors (Lipinski definition) is 1. The van der Waals surface area contributed by atoms with Gasteiger partial charge in [-0.1, -0.05) is 17.3 Å². The van der Waals surface area contributed by atoms with Crippen LogP contribution in [0.3, 0.4) is 0 Å². The molecule has 1 atom stereocenters. The highest BCUT2D eigenvalue weighted by atomic mass is 19.1. The van der Waals surface area contributed by atoms with Gasteiger partial charge in [0.05, 0.1) is 0 Å². The predicted octanol–water partition coefficient (Wildman–Crippen LogP) is 1.98. The number of carbonyl (C=O) groups is 1.